The van der Waals surface area contributed by atoms with Crippen LogP contribution in [0, 0.1) is 5.82 Å². The molecule has 0 fully saturated rings. The second-order valence-corrected chi connectivity index (χ2v) is 11.3. The molecule has 1 unspecified atom stereocenters. The van der Waals surface area contributed by atoms with E-state index in [4.69, 9.17) is 19.2 Å². The minimum atomic E-state index is -4.17. The molecule has 0 amide bonds. The lowest BCUT2D eigenvalue weighted by molar-refractivity contribution is -0.238. The van der Waals surface area contributed by atoms with Gasteiger partial charge in [-0.3, -0.25) is 0 Å². The van der Waals surface area contributed by atoms with Crippen molar-refractivity contribution < 1.29 is 37.7 Å². The van der Waals surface area contributed by atoms with E-state index in [0.29, 0.717) is 22.3 Å². The summed E-state index contributed by atoms with van der Waals surface area (Å²) in [5, 5.41) is 19.3. The normalized spacial score (nSPS) is 14.3. The Kier molecular flexibility index (Phi) is 5.83. The molecular weight excluding hydrogens is 541 g/mol. The van der Waals surface area contributed by atoms with Gasteiger partial charge >= 0.3 is 5.97 Å². The molecule has 3 aromatic carbocycles. The summed E-state index contributed by atoms with van der Waals surface area (Å²) in [6.07, 6.45) is -0.725. The lowest BCUT2D eigenvalue weighted by Gasteiger charge is -2.28. The number of halogens is 1. The number of methoxy groups -OCH3 is 1. The van der Waals surface area contributed by atoms with Crippen LogP contribution in [0.5, 0.6) is 0 Å². The van der Waals surface area contributed by atoms with E-state index >= 15 is 0 Å². The summed E-state index contributed by atoms with van der Waals surface area (Å²) < 4.78 is 72.1. The maximum atomic E-state index is 14.0. The molecule has 0 aliphatic carbocycles. The SMILES string of the molecule is [2H]OC(C(=O)OC)C(O[2H])(O[2H])c1c(C(C)C)n(-c2ccc(F)cc2)c2cc3cnn(S(=O)(=O)c4ccccc4)c3cc12. The Hall–Kier alpha value is -4.10. The molecule has 3 N–H and O–H groups in total. The topological polar surface area (TPSA) is 144 Å². The number of hydrogen-bond acceptors (Lipinski definition) is 8. The van der Waals surface area contributed by atoms with Crippen LogP contribution in [-0.4, -0.2) is 61.0 Å². The number of aliphatic hydroxyl groups is 3. The van der Waals surface area contributed by atoms with Crippen molar-refractivity contribution in [1.82, 2.24) is 13.8 Å². The van der Waals surface area contributed by atoms with Crippen molar-refractivity contribution in [3.05, 3.63) is 90.0 Å². The van der Waals surface area contributed by atoms with E-state index in [0.717, 1.165) is 11.2 Å². The minimum absolute atomic E-state index is 0.0150. The third kappa shape index (κ3) is 4.25. The van der Waals surface area contributed by atoms with E-state index < -0.39 is 39.6 Å². The quantitative estimate of drug-likeness (QED) is 0.172. The number of carbonyl (C=O) groups excluding carboxylic acids is 1. The van der Waals surface area contributed by atoms with Gasteiger partial charge in [-0.15, -0.1) is 0 Å². The van der Waals surface area contributed by atoms with Gasteiger partial charge in [0.15, 0.2) is 0 Å². The van der Waals surface area contributed by atoms with E-state index in [-0.39, 0.29) is 21.4 Å². The van der Waals surface area contributed by atoms with Gasteiger partial charge in [0.2, 0.25) is 16.2 Å². The highest BCUT2D eigenvalue weighted by atomic mass is 32.2. The monoisotopic (exact) mass is 570 g/mol. The van der Waals surface area contributed by atoms with Crippen LogP contribution in [0.15, 0.2) is 77.8 Å². The third-order valence-electron chi connectivity index (χ3n) is 6.67. The summed E-state index contributed by atoms with van der Waals surface area (Å²) in [4.78, 5) is 12.8. The Bertz CT molecular complexity index is 1910. The van der Waals surface area contributed by atoms with Gasteiger partial charge in [-0.2, -0.15) is 17.6 Å². The van der Waals surface area contributed by atoms with Crippen LogP contribution < -0.4 is 0 Å². The summed E-state index contributed by atoms with van der Waals surface area (Å²) >= 11 is 0. The fraction of sp³-hybridized carbons (Fsp3) is 0.214. The molecule has 40 heavy (non-hydrogen) atoms. The van der Waals surface area contributed by atoms with Gasteiger partial charge in [0.05, 0.1) is 29.2 Å². The summed E-state index contributed by atoms with van der Waals surface area (Å²) in [6, 6.07) is 16.2. The summed E-state index contributed by atoms with van der Waals surface area (Å²) in [5.41, 5.74) is 1.22. The van der Waals surface area contributed by atoms with Crippen LogP contribution in [0.4, 0.5) is 4.39 Å². The highest BCUT2D eigenvalue weighted by molar-refractivity contribution is 7.90. The largest absolute Gasteiger partial charge is 0.467 e. The third-order valence-corrected chi connectivity index (χ3v) is 8.28. The molecule has 12 heteroatoms. The molecule has 0 saturated heterocycles. The van der Waals surface area contributed by atoms with Crippen LogP contribution >= 0.6 is 0 Å². The van der Waals surface area contributed by atoms with Crippen molar-refractivity contribution in [3.63, 3.8) is 0 Å². The van der Waals surface area contributed by atoms with Crippen LogP contribution in [0.1, 0.15) is 31.0 Å². The van der Waals surface area contributed by atoms with E-state index in [1.807, 2.05) is 0 Å². The van der Waals surface area contributed by atoms with Gasteiger partial charge in [-0.25, -0.2) is 9.18 Å². The van der Waals surface area contributed by atoms with Gasteiger partial charge < -0.3 is 24.6 Å². The second kappa shape index (κ2) is 9.82. The van der Waals surface area contributed by atoms with Crippen molar-refractivity contribution in [1.29, 1.82) is 4.29 Å². The van der Waals surface area contributed by atoms with Gasteiger partial charge in [-0.05, 0) is 54.4 Å². The molecule has 208 valence electrons. The van der Waals surface area contributed by atoms with Gasteiger partial charge in [0.25, 0.3) is 10.0 Å². The van der Waals surface area contributed by atoms with E-state index in [1.54, 1.807) is 42.7 Å². The molecule has 0 saturated carbocycles. The zero-order valence-electron chi connectivity index (χ0n) is 24.6. The Morgan fingerprint density at radius 3 is 2.38 bits per heavy atom. The number of hydrogen-bond donors (Lipinski definition) is 3. The number of nitrogens with zero attached hydrogens (tertiary/aromatic N) is 3. The summed E-state index contributed by atoms with van der Waals surface area (Å²) in [5.74, 6) is -4.80. The average molecular weight is 571 g/mol. The zero-order valence-corrected chi connectivity index (χ0v) is 22.4. The van der Waals surface area contributed by atoms with Crippen molar-refractivity contribution in [3.8, 4) is 5.69 Å². The van der Waals surface area contributed by atoms with Gasteiger partial charge in [0, 0.05) is 27.7 Å². The van der Waals surface area contributed by atoms with Crippen LogP contribution in [0.3, 0.4) is 0 Å². The Morgan fingerprint density at radius 2 is 1.77 bits per heavy atom. The maximum absolute atomic E-state index is 14.0. The van der Waals surface area contributed by atoms with Crippen LogP contribution in [0.2, 0.25) is 0 Å². The minimum Gasteiger partial charge on any atom is -0.467 e. The molecule has 0 aliphatic rings. The lowest BCUT2D eigenvalue weighted by Crippen LogP contribution is -2.45. The number of rotatable bonds is 10. The molecular formula is C28H26FN3O7S. The second-order valence-electron chi connectivity index (χ2n) is 9.53. The van der Waals surface area contributed by atoms with Crippen molar-refractivity contribution in [2.24, 2.45) is 0 Å². The first-order valence-corrected chi connectivity index (χ1v) is 13.6. The number of aliphatic hydroxyl groups excluding tert-OH is 1. The van der Waals surface area contributed by atoms with Crippen LogP contribution in [-0.2, 0) is 25.3 Å². The predicted octanol–water partition coefficient (Wildman–Crippen LogP) is 3.15. The first kappa shape index (κ1) is 23.8. The highest BCUT2D eigenvalue weighted by Crippen LogP contribution is 2.42. The standard InChI is InChI=1S/C28H26FN3O7S/c1-16(2)25-24(28(35,36)26(33)27(34)39-3)21-14-22-17(13-23(21)31(25)19-11-9-18(29)10-12-19)15-30-32(22)40(37,38)20-7-5-4-6-8-20/h4-16,26,33,35-36H,1-3H3/i33D,35D,36D. The van der Waals surface area contributed by atoms with Gasteiger partial charge in [0.1, 0.15) is 5.82 Å². The molecule has 2 heterocycles. The van der Waals surface area contributed by atoms with Crippen molar-refractivity contribution in [2.75, 3.05) is 7.11 Å². The molecule has 0 bridgehead atoms. The fourth-order valence-corrected chi connectivity index (χ4v) is 6.15. The zero-order chi connectivity index (χ0) is 31.1. The number of fused-ring (bicyclic) bond motifs is 2. The number of carbonyl (C=O) groups is 1. The van der Waals surface area contributed by atoms with E-state index in [9.17, 15) is 17.6 Å². The molecule has 0 radical (unpaired) electrons. The van der Waals surface area contributed by atoms with Crippen LogP contribution in [0.25, 0.3) is 27.5 Å². The molecule has 5 aromatic rings. The molecule has 2 aromatic heterocycles. The van der Waals surface area contributed by atoms with E-state index in [1.165, 1.54) is 48.7 Å². The molecule has 0 spiro atoms. The Labute approximate surface area is 233 Å². The lowest BCUT2D eigenvalue weighted by atomic mass is 9.92. The highest BCUT2D eigenvalue weighted by Gasteiger charge is 2.46. The molecule has 0 aliphatic heterocycles. The van der Waals surface area contributed by atoms with Gasteiger partial charge in [-0.1, -0.05) is 32.0 Å². The maximum Gasteiger partial charge on any atom is 0.340 e. The molecule has 5 rings (SSSR count). The molecule has 1 atom stereocenters. The molecule has 10 nitrogen and oxygen atoms in total. The Balaban J connectivity index is 1.97. The number of ether oxygens (including phenoxy) is 1. The predicted molar refractivity (Wildman–Crippen MR) is 144 cm³/mol. The van der Waals surface area contributed by atoms with Crippen molar-refractivity contribution >= 4 is 37.8 Å². The number of aromatic nitrogens is 3. The first-order chi connectivity index (χ1) is 20.5. The first-order valence-electron chi connectivity index (χ1n) is 13.4. The Morgan fingerprint density at radius 1 is 1.07 bits per heavy atom. The number of benzene rings is 3. The van der Waals surface area contributed by atoms with E-state index in [2.05, 4.69) is 10.2 Å². The fourth-order valence-electron chi connectivity index (χ4n) is 4.86. The van der Waals surface area contributed by atoms with Crippen molar-refractivity contribution in [2.45, 2.75) is 36.6 Å². The number of esters is 1. The average Bonchev–Trinajstić information content (AvgIpc) is 3.59. The summed E-state index contributed by atoms with van der Waals surface area (Å²) in [6.45, 7) is 3.57. The summed E-state index contributed by atoms with van der Waals surface area (Å²) in [7, 11) is -3.15. The smallest absolute Gasteiger partial charge is 0.340 e.